The standard InChI is InChI=1S/C17H12BrNO2/c18-16-10-8-13(21-16)9-11-17(20)19-15-7-3-5-12-4-1-2-6-14(12)15/h1-11H,(H,19,20). The third kappa shape index (κ3) is 3.23. The number of hydrogen-bond acceptors (Lipinski definition) is 2. The van der Waals surface area contributed by atoms with Gasteiger partial charge in [-0.2, -0.15) is 0 Å². The summed E-state index contributed by atoms with van der Waals surface area (Å²) in [5, 5.41) is 4.99. The zero-order valence-electron chi connectivity index (χ0n) is 11.0. The van der Waals surface area contributed by atoms with Gasteiger partial charge in [-0.15, -0.1) is 0 Å². The monoisotopic (exact) mass is 341 g/mol. The van der Waals surface area contributed by atoms with Crippen LogP contribution in [-0.4, -0.2) is 5.91 Å². The number of nitrogens with one attached hydrogen (secondary N) is 1. The summed E-state index contributed by atoms with van der Waals surface area (Å²) < 4.78 is 5.94. The van der Waals surface area contributed by atoms with Gasteiger partial charge in [0, 0.05) is 17.1 Å². The molecule has 0 fully saturated rings. The molecule has 21 heavy (non-hydrogen) atoms. The van der Waals surface area contributed by atoms with E-state index in [-0.39, 0.29) is 5.91 Å². The van der Waals surface area contributed by atoms with Crippen LogP contribution in [0.4, 0.5) is 5.69 Å². The molecule has 1 aromatic heterocycles. The molecule has 1 heterocycles. The largest absolute Gasteiger partial charge is 0.450 e. The topological polar surface area (TPSA) is 42.2 Å². The van der Waals surface area contributed by atoms with Gasteiger partial charge in [-0.25, -0.2) is 0 Å². The van der Waals surface area contributed by atoms with Gasteiger partial charge < -0.3 is 9.73 Å². The average Bonchev–Trinajstić information content (AvgIpc) is 2.91. The minimum atomic E-state index is -0.195. The Bertz CT molecular complexity index is 815. The van der Waals surface area contributed by atoms with Crippen LogP contribution in [0.5, 0.6) is 0 Å². The highest BCUT2D eigenvalue weighted by atomic mass is 79.9. The molecule has 4 heteroatoms. The van der Waals surface area contributed by atoms with E-state index in [0.717, 1.165) is 16.5 Å². The first-order valence-electron chi connectivity index (χ1n) is 6.44. The van der Waals surface area contributed by atoms with Crippen LogP contribution in [-0.2, 0) is 4.79 Å². The fourth-order valence-electron chi connectivity index (χ4n) is 2.08. The van der Waals surface area contributed by atoms with Crippen LogP contribution >= 0.6 is 15.9 Å². The molecule has 0 radical (unpaired) electrons. The zero-order valence-corrected chi connectivity index (χ0v) is 12.6. The van der Waals surface area contributed by atoms with Crippen LogP contribution in [0.2, 0.25) is 0 Å². The molecular weight excluding hydrogens is 330 g/mol. The Morgan fingerprint density at radius 2 is 1.86 bits per heavy atom. The van der Waals surface area contributed by atoms with Crippen LogP contribution in [0.25, 0.3) is 16.8 Å². The quantitative estimate of drug-likeness (QED) is 0.692. The fraction of sp³-hybridized carbons (Fsp3) is 0. The minimum Gasteiger partial charge on any atom is -0.450 e. The third-order valence-electron chi connectivity index (χ3n) is 3.04. The van der Waals surface area contributed by atoms with Gasteiger partial charge in [-0.3, -0.25) is 4.79 Å². The number of furan rings is 1. The number of carbonyl (C=O) groups excluding carboxylic acids is 1. The van der Waals surface area contributed by atoms with Crippen molar-refractivity contribution in [2.24, 2.45) is 0 Å². The van der Waals surface area contributed by atoms with Crippen molar-refractivity contribution in [3.8, 4) is 0 Å². The lowest BCUT2D eigenvalue weighted by Gasteiger charge is -2.06. The summed E-state index contributed by atoms with van der Waals surface area (Å²) in [7, 11) is 0. The van der Waals surface area contributed by atoms with E-state index in [4.69, 9.17) is 4.42 Å². The highest BCUT2D eigenvalue weighted by molar-refractivity contribution is 9.10. The second-order valence-electron chi connectivity index (χ2n) is 4.49. The molecule has 0 saturated carbocycles. The molecule has 1 N–H and O–H groups in total. The first-order chi connectivity index (χ1) is 10.2. The average molecular weight is 342 g/mol. The van der Waals surface area contributed by atoms with Gasteiger partial charge >= 0.3 is 0 Å². The molecule has 1 amide bonds. The molecule has 3 rings (SSSR count). The molecule has 3 aromatic rings. The van der Waals surface area contributed by atoms with E-state index in [1.165, 1.54) is 6.08 Å². The van der Waals surface area contributed by atoms with Crippen molar-refractivity contribution < 1.29 is 9.21 Å². The van der Waals surface area contributed by atoms with Crippen molar-refractivity contribution in [1.82, 2.24) is 0 Å². The number of anilines is 1. The number of carbonyl (C=O) groups is 1. The number of amides is 1. The molecule has 0 aliphatic rings. The molecule has 2 aromatic carbocycles. The predicted octanol–water partition coefficient (Wildman–Crippen LogP) is 4.85. The second kappa shape index (κ2) is 5.97. The van der Waals surface area contributed by atoms with Crippen molar-refractivity contribution in [2.45, 2.75) is 0 Å². The van der Waals surface area contributed by atoms with Crippen molar-refractivity contribution in [1.29, 1.82) is 0 Å². The third-order valence-corrected chi connectivity index (χ3v) is 3.47. The minimum absolute atomic E-state index is 0.195. The molecular formula is C17H12BrNO2. The molecule has 0 aliphatic carbocycles. The summed E-state index contributed by atoms with van der Waals surface area (Å²) in [4.78, 5) is 12.0. The lowest BCUT2D eigenvalue weighted by molar-refractivity contribution is -0.111. The summed E-state index contributed by atoms with van der Waals surface area (Å²) in [6.07, 6.45) is 3.08. The Kier molecular flexibility index (Phi) is 3.88. The first kappa shape index (κ1) is 13.6. The number of benzene rings is 2. The lowest BCUT2D eigenvalue weighted by Crippen LogP contribution is -2.07. The van der Waals surface area contributed by atoms with Gasteiger partial charge in [0.05, 0.1) is 0 Å². The Morgan fingerprint density at radius 3 is 2.67 bits per heavy atom. The van der Waals surface area contributed by atoms with E-state index < -0.39 is 0 Å². The summed E-state index contributed by atoms with van der Waals surface area (Å²) in [6.45, 7) is 0. The smallest absolute Gasteiger partial charge is 0.248 e. The molecule has 0 bridgehead atoms. The van der Waals surface area contributed by atoms with E-state index in [1.807, 2.05) is 42.5 Å². The predicted molar refractivity (Wildman–Crippen MR) is 88.0 cm³/mol. The van der Waals surface area contributed by atoms with Crippen LogP contribution in [0.1, 0.15) is 5.76 Å². The molecule has 0 unspecified atom stereocenters. The summed E-state index contributed by atoms with van der Waals surface area (Å²) in [6, 6.07) is 17.3. The van der Waals surface area contributed by atoms with Crippen molar-refractivity contribution >= 4 is 44.4 Å². The van der Waals surface area contributed by atoms with Crippen molar-refractivity contribution in [3.05, 3.63) is 71.1 Å². The molecule has 0 spiro atoms. The van der Waals surface area contributed by atoms with Gasteiger partial charge in [0.1, 0.15) is 5.76 Å². The SMILES string of the molecule is O=C(C=Cc1ccc(Br)o1)Nc1cccc2ccccc12. The number of rotatable bonds is 3. The second-order valence-corrected chi connectivity index (χ2v) is 5.27. The molecule has 104 valence electrons. The van der Waals surface area contributed by atoms with Crippen LogP contribution in [0.15, 0.2) is 69.8 Å². The van der Waals surface area contributed by atoms with E-state index in [2.05, 4.69) is 21.2 Å². The van der Waals surface area contributed by atoms with E-state index in [1.54, 1.807) is 18.2 Å². The van der Waals surface area contributed by atoms with Crippen molar-refractivity contribution in [2.75, 3.05) is 5.32 Å². The Balaban J connectivity index is 1.79. The maximum absolute atomic E-state index is 12.0. The molecule has 0 saturated heterocycles. The van der Waals surface area contributed by atoms with Gasteiger partial charge in [-0.1, -0.05) is 36.4 Å². The summed E-state index contributed by atoms with van der Waals surface area (Å²) in [5.74, 6) is 0.425. The normalized spacial score (nSPS) is 11.1. The van der Waals surface area contributed by atoms with Crippen LogP contribution in [0, 0.1) is 0 Å². The van der Waals surface area contributed by atoms with Gasteiger partial charge in [0.15, 0.2) is 4.67 Å². The molecule has 0 atom stereocenters. The highest BCUT2D eigenvalue weighted by Crippen LogP contribution is 2.23. The fourth-order valence-corrected chi connectivity index (χ4v) is 2.40. The van der Waals surface area contributed by atoms with E-state index in [0.29, 0.717) is 10.4 Å². The highest BCUT2D eigenvalue weighted by Gasteiger charge is 2.03. The maximum atomic E-state index is 12.0. The van der Waals surface area contributed by atoms with Gasteiger partial charge in [0.25, 0.3) is 0 Å². The Morgan fingerprint density at radius 1 is 1.05 bits per heavy atom. The number of hydrogen-bond donors (Lipinski definition) is 1. The lowest BCUT2D eigenvalue weighted by atomic mass is 10.1. The molecule has 3 nitrogen and oxygen atoms in total. The number of fused-ring (bicyclic) bond motifs is 1. The molecule has 0 aliphatic heterocycles. The van der Waals surface area contributed by atoms with Crippen LogP contribution in [0.3, 0.4) is 0 Å². The number of halogens is 1. The van der Waals surface area contributed by atoms with E-state index >= 15 is 0 Å². The van der Waals surface area contributed by atoms with Gasteiger partial charge in [0.2, 0.25) is 5.91 Å². The van der Waals surface area contributed by atoms with Crippen LogP contribution < -0.4 is 5.32 Å². The Hall–Kier alpha value is -2.33. The maximum Gasteiger partial charge on any atom is 0.248 e. The Labute approximate surface area is 130 Å². The summed E-state index contributed by atoms with van der Waals surface area (Å²) in [5.41, 5.74) is 0.795. The zero-order chi connectivity index (χ0) is 14.7. The first-order valence-corrected chi connectivity index (χ1v) is 7.24. The van der Waals surface area contributed by atoms with Crippen molar-refractivity contribution in [3.63, 3.8) is 0 Å². The van der Waals surface area contributed by atoms with Gasteiger partial charge in [-0.05, 0) is 45.6 Å². The van der Waals surface area contributed by atoms with E-state index in [9.17, 15) is 4.79 Å². The summed E-state index contributed by atoms with van der Waals surface area (Å²) >= 11 is 3.22.